The molecule has 0 fully saturated rings. The first-order valence-corrected chi connectivity index (χ1v) is 10.6. The zero-order valence-corrected chi connectivity index (χ0v) is 17.2. The number of nitrogens with zero attached hydrogens (tertiary/aromatic N) is 5. The predicted octanol–water partition coefficient (Wildman–Crippen LogP) is 4.44. The Morgan fingerprint density at radius 3 is 2.72 bits per heavy atom. The highest BCUT2D eigenvalue weighted by Gasteiger charge is 2.19. The van der Waals surface area contributed by atoms with E-state index in [-0.39, 0.29) is 5.56 Å². The highest BCUT2D eigenvalue weighted by Crippen LogP contribution is 2.25. The zero-order valence-electron chi connectivity index (χ0n) is 16.4. The Hall–Kier alpha value is -3.11. The van der Waals surface area contributed by atoms with Crippen molar-refractivity contribution in [2.24, 2.45) is 0 Å². The summed E-state index contributed by atoms with van der Waals surface area (Å²) in [5, 5.41) is 18.9. The minimum absolute atomic E-state index is 0.0974. The lowest BCUT2D eigenvalue weighted by atomic mass is 10.1. The van der Waals surface area contributed by atoms with Crippen LogP contribution in [0.5, 0.6) is 0 Å². The first kappa shape index (κ1) is 19.2. The maximum Gasteiger partial charge on any atom is 0.267 e. The Morgan fingerprint density at radius 2 is 1.90 bits per heavy atom. The van der Waals surface area contributed by atoms with Crippen LogP contribution in [0.1, 0.15) is 30.4 Å². The Morgan fingerprint density at radius 1 is 1.07 bits per heavy atom. The largest absolute Gasteiger partial charge is 0.268 e. The van der Waals surface area contributed by atoms with Gasteiger partial charge in [-0.05, 0) is 56.0 Å². The fourth-order valence-corrected chi connectivity index (χ4v) is 4.38. The summed E-state index contributed by atoms with van der Waals surface area (Å²) in [6.45, 7) is 4.05. The lowest BCUT2D eigenvalue weighted by Crippen LogP contribution is -2.22. The summed E-state index contributed by atoms with van der Waals surface area (Å²) in [7, 11) is 0. The van der Waals surface area contributed by atoms with Crippen molar-refractivity contribution in [1.29, 1.82) is 5.26 Å². The van der Waals surface area contributed by atoms with E-state index in [1.54, 1.807) is 16.3 Å². The van der Waals surface area contributed by atoms with Gasteiger partial charge < -0.3 is 0 Å². The number of benzene rings is 2. The Bertz CT molecular complexity index is 1300. The molecule has 6 nitrogen and oxygen atoms in total. The molecule has 0 bridgehead atoms. The maximum atomic E-state index is 13.4. The van der Waals surface area contributed by atoms with Crippen LogP contribution in [0.4, 0.5) is 0 Å². The van der Waals surface area contributed by atoms with E-state index in [0.717, 1.165) is 46.1 Å². The molecule has 0 aliphatic carbocycles. The van der Waals surface area contributed by atoms with Crippen molar-refractivity contribution in [2.75, 3.05) is 5.75 Å². The summed E-state index contributed by atoms with van der Waals surface area (Å²) in [4.78, 5) is 13.4. The van der Waals surface area contributed by atoms with E-state index in [0.29, 0.717) is 17.6 Å². The van der Waals surface area contributed by atoms with Gasteiger partial charge in [-0.25, -0.2) is 4.57 Å². The van der Waals surface area contributed by atoms with Crippen LogP contribution in [-0.4, -0.2) is 24.9 Å². The van der Waals surface area contributed by atoms with E-state index in [9.17, 15) is 4.79 Å². The topological polar surface area (TPSA) is 76.0 Å². The molecule has 0 saturated carbocycles. The second kappa shape index (κ2) is 8.10. The molecule has 29 heavy (non-hydrogen) atoms. The summed E-state index contributed by atoms with van der Waals surface area (Å²) in [6, 6.07) is 15.7. The molecule has 0 aliphatic rings. The molecule has 4 rings (SSSR count). The molecule has 4 aromatic rings. The van der Waals surface area contributed by atoms with Crippen molar-refractivity contribution in [3.63, 3.8) is 0 Å². The zero-order chi connectivity index (χ0) is 20.4. The van der Waals surface area contributed by atoms with Gasteiger partial charge in [0.15, 0.2) is 5.16 Å². The normalized spacial score (nSPS) is 11.2. The van der Waals surface area contributed by atoms with Gasteiger partial charge in [-0.2, -0.15) is 5.26 Å². The fourth-order valence-electron chi connectivity index (χ4n) is 3.44. The van der Waals surface area contributed by atoms with Crippen molar-refractivity contribution in [2.45, 2.75) is 38.3 Å². The van der Waals surface area contributed by atoms with Crippen molar-refractivity contribution in [1.82, 2.24) is 19.2 Å². The SMILES string of the molecule is Cc1cccc(-n2c(=O)c3ccccc3n3c(SCCCCC#N)nnc23)c1C. The van der Waals surface area contributed by atoms with Crippen LogP contribution in [0, 0.1) is 25.2 Å². The summed E-state index contributed by atoms with van der Waals surface area (Å²) < 4.78 is 3.63. The standard InChI is InChI=1S/C22H21N5OS/c1-15-9-8-12-18(16(15)2)26-20(28)17-10-4-5-11-19(17)27-21(26)24-25-22(27)29-14-7-3-6-13-23/h4-5,8-12H,3,6-7,14H2,1-2H3. The molecule has 0 spiro atoms. The lowest BCUT2D eigenvalue weighted by Gasteiger charge is -2.14. The van der Waals surface area contributed by atoms with Gasteiger partial charge in [-0.3, -0.25) is 9.20 Å². The number of hydrogen-bond acceptors (Lipinski definition) is 5. The highest BCUT2D eigenvalue weighted by atomic mass is 32.2. The van der Waals surface area contributed by atoms with Crippen LogP contribution in [-0.2, 0) is 0 Å². The molecule has 0 N–H and O–H groups in total. The molecule has 0 amide bonds. The number of fused-ring (bicyclic) bond motifs is 3. The van der Waals surface area contributed by atoms with Gasteiger partial charge in [-0.15, -0.1) is 10.2 Å². The number of thioether (sulfide) groups is 1. The quantitative estimate of drug-likeness (QED) is 0.351. The third kappa shape index (κ3) is 3.40. The highest BCUT2D eigenvalue weighted by molar-refractivity contribution is 7.99. The Kier molecular flexibility index (Phi) is 5.36. The summed E-state index contributed by atoms with van der Waals surface area (Å²) in [5.74, 6) is 1.36. The first-order chi connectivity index (χ1) is 14.1. The number of hydrogen-bond donors (Lipinski definition) is 0. The van der Waals surface area contributed by atoms with Crippen LogP contribution < -0.4 is 5.56 Å². The average molecular weight is 404 g/mol. The summed E-state index contributed by atoms with van der Waals surface area (Å²) in [5.41, 5.74) is 3.69. The molecule has 2 heterocycles. The minimum Gasteiger partial charge on any atom is -0.268 e. The van der Waals surface area contributed by atoms with Crippen molar-refractivity contribution in [3.05, 3.63) is 63.9 Å². The molecule has 2 aromatic heterocycles. The molecule has 7 heteroatoms. The van der Waals surface area contributed by atoms with Gasteiger partial charge in [0.1, 0.15) is 0 Å². The van der Waals surface area contributed by atoms with Crippen molar-refractivity contribution >= 4 is 28.4 Å². The maximum absolute atomic E-state index is 13.4. The lowest BCUT2D eigenvalue weighted by molar-refractivity contribution is 0.826. The van der Waals surface area contributed by atoms with E-state index in [1.807, 2.05) is 60.7 Å². The Balaban J connectivity index is 1.93. The van der Waals surface area contributed by atoms with Gasteiger partial charge in [0.25, 0.3) is 5.56 Å². The average Bonchev–Trinajstić information content (AvgIpc) is 3.15. The number of rotatable bonds is 6. The molecule has 0 unspecified atom stereocenters. The van der Waals surface area contributed by atoms with E-state index in [2.05, 4.69) is 16.3 Å². The van der Waals surface area contributed by atoms with Gasteiger partial charge in [-0.1, -0.05) is 36.0 Å². The first-order valence-electron chi connectivity index (χ1n) is 9.58. The van der Waals surface area contributed by atoms with Gasteiger partial charge in [0.2, 0.25) is 5.78 Å². The predicted molar refractivity (Wildman–Crippen MR) is 116 cm³/mol. The van der Waals surface area contributed by atoms with Crippen LogP contribution in [0.15, 0.2) is 52.4 Å². The van der Waals surface area contributed by atoms with Gasteiger partial charge in [0.05, 0.1) is 22.7 Å². The third-order valence-corrected chi connectivity index (χ3v) is 6.14. The molecule has 0 atom stereocenters. The second-order valence-corrected chi connectivity index (χ2v) is 8.02. The summed E-state index contributed by atoms with van der Waals surface area (Å²) >= 11 is 1.60. The molecule has 0 radical (unpaired) electrons. The van der Waals surface area contributed by atoms with Gasteiger partial charge in [0, 0.05) is 12.2 Å². The van der Waals surface area contributed by atoms with Crippen molar-refractivity contribution in [3.8, 4) is 11.8 Å². The third-order valence-electron chi connectivity index (χ3n) is 5.13. The van der Waals surface area contributed by atoms with E-state index < -0.39 is 0 Å². The van der Waals surface area contributed by atoms with Crippen LogP contribution in [0.25, 0.3) is 22.4 Å². The smallest absolute Gasteiger partial charge is 0.267 e. The van der Waals surface area contributed by atoms with E-state index in [4.69, 9.17) is 5.26 Å². The number of aromatic nitrogens is 4. The molecular weight excluding hydrogens is 382 g/mol. The summed E-state index contributed by atoms with van der Waals surface area (Å²) in [6.07, 6.45) is 2.37. The molecule has 146 valence electrons. The number of para-hydroxylation sites is 1. The molecule has 0 saturated heterocycles. The van der Waals surface area contributed by atoms with Gasteiger partial charge >= 0.3 is 0 Å². The van der Waals surface area contributed by atoms with Crippen molar-refractivity contribution < 1.29 is 0 Å². The van der Waals surface area contributed by atoms with E-state index in [1.165, 1.54) is 0 Å². The second-order valence-electron chi connectivity index (χ2n) is 6.96. The molecule has 2 aromatic carbocycles. The number of unbranched alkanes of at least 4 members (excludes halogenated alkanes) is 2. The molecule has 0 aliphatic heterocycles. The van der Waals surface area contributed by atoms with Crippen LogP contribution in [0.3, 0.4) is 0 Å². The number of aryl methyl sites for hydroxylation is 1. The monoisotopic (exact) mass is 403 g/mol. The molecular formula is C22H21N5OS. The Labute approximate surface area is 172 Å². The number of nitriles is 1. The van der Waals surface area contributed by atoms with E-state index >= 15 is 0 Å². The van der Waals surface area contributed by atoms with Crippen LogP contribution in [0.2, 0.25) is 0 Å². The van der Waals surface area contributed by atoms with Crippen LogP contribution >= 0.6 is 11.8 Å². The minimum atomic E-state index is -0.0974. The fraction of sp³-hybridized carbons (Fsp3) is 0.273.